The average molecular weight is 431 g/mol. The topological polar surface area (TPSA) is 9.23 Å². The fraction of sp³-hybridized carbons (Fsp3) is 0.739. The van der Waals surface area contributed by atoms with E-state index in [2.05, 4.69) is 11.7 Å². The highest BCUT2D eigenvalue weighted by Gasteiger charge is 2.32. The molecule has 2 fully saturated rings. The fourth-order valence-corrected chi connectivity index (χ4v) is 9.11. The lowest BCUT2D eigenvalue weighted by Gasteiger charge is -2.37. The second kappa shape index (κ2) is 10.8. The smallest absolute Gasteiger partial charge is 0.272 e. The van der Waals surface area contributed by atoms with E-state index in [1.165, 1.54) is 43.8 Å². The molecule has 3 rings (SSSR count). The minimum Gasteiger partial charge on any atom is -0.484 e. The highest BCUT2D eigenvalue weighted by atomic mass is 28.3. The summed E-state index contributed by atoms with van der Waals surface area (Å²) in [6.45, 7) is 1.35. The minimum absolute atomic E-state index is 0.0140. The lowest BCUT2D eigenvalue weighted by atomic mass is 9.72. The van der Waals surface area contributed by atoms with Gasteiger partial charge in [0.15, 0.2) is 11.6 Å². The summed E-state index contributed by atoms with van der Waals surface area (Å²) in [5.41, 5.74) is 0.376. The van der Waals surface area contributed by atoms with Crippen LogP contribution in [-0.2, 0) is 0 Å². The average Bonchev–Trinajstić information content (AvgIpc) is 2.73. The number of rotatable bonds is 8. The maximum absolute atomic E-state index is 14.5. The van der Waals surface area contributed by atoms with E-state index in [1.54, 1.807) is 0 Å². The number of ether oxygens (including phenoxy) is 1. The Kier molecular flexibility index (Phi) is 8.45. The summed E-state index contributed by atoms with van der Waals surface area (Å²) in [5.74, 6) is -0.146. The molecule has 0 aromatic heterocycles. The molecule has 1 saturated carbocycles. The van der Waals surface area contributed by atoms with Gasteiger partial charge in [-0.1, -0.05) is 50.7 Å². The van der Waals surface area contributed by atoms with Crippen LogP contribution in [0.3, 0.4) is 0 Å². The van der Waals surface area contributed by atoms with E-state index < -0.39 is 39.2 Å². The van der Waals surface area contributed by atoms with Crippen molar-refractivity contribution in [3.63, 3.8) is 0 Å². The summed E-state index contributed by atoms with van der Waals surface area (Å²) in [6, 6.07) is 6.58. The highest BCUT2D eigenvalue weighted by Crippen LogP contribution is 2.44. The molecule has 0 spiro atoms. The lowest BCUT2D eigenvalue weighted by molar-refractivity contribution is 0.0796. The first-order valence-electron chi connectivity index (χ1n) is 11.4. The molecule has 0 unspecified atom stereocenters. The molecule has 6 heteroatoms. The van der Waals surface area contributed by atoms with Crippen molar-refractivity contribution in [3.05, 3.63) is 29.3 Å². The molecule has 0 bridgehead atoms. The van der Waals surface area contributed by atoms with Crippen LogP contribution >= 0.6 is 0 Å². The summed E-state index contributed by atoms with van der Waals surface area (Å²) in [5, 5.41) is 0. The molecule has 1 aromatic rings. The van der Waals surface area contributed by atoms with E-state index in [-0.39, 0.29) is 5.92 Å². The van der Waals surface area contributed by atoms with E-state index in [0.717, 1.165) is 49.7 Å². The molecule has 1 saturated heterocycles. The van der Waals surface area contributed by atoms with Crippen LogP contribution in [0.1, 0.15) is 69.8 Å². The standard InChI is InChI=1S/C23H34F4OSi/c1-2-3-10-29-11-8-17(9-12-29)16-4-6-18(7-5-16)19-13-21(25)22(14-20(19)24)28-15-23(26)27/h13-14,16-18,23,29H,2-12,15H2,1H3/t16?,17-,18?,29-. The zero-order valence-electron chi connectivity index (χ0n) is 17.4. The van der Waals surface area contributed by atoms with Gasteiger partial charge < -0.3 is 4.74 Å². The molecule has 1 nitrogen and oxygen atoms in total. The zero-order valence-corrected chi connectivity index (χ0v) is 18.6. The van der Waals surface area contributed by atoms with Crippen LogP contribution in [0.5, 0.6) is 5.75 Å². The van der Waals surface area contributed by atoms with Crippen LogP contribution in [0.2, 0.25) is 18.1 Å². The van der Waals surface area contributed by atoms with Gasteiger partial charge in [-0.25, -0.2) is 17.6 Å². The van der Waals surface area contributed by atoms with Crippen LogP contribution in [0.25, 0.3) is 0 Å². The van der Waals surface area contributed by atoms with Gasteiger partial charge in [-0.3, -0.25) is 0 Å². The maximum atomic E-state index is 14.5. The SMILES string of the molecule is CCCC[Si@H]1CC[C@H](C2CCC(c3cc(F)c(OCC(F)F)cc3F)CC2)CC1. The van der Waals surface area contributed by atoms with Crippen molar-refractivity contribution in [2.45, 2.75) is 88.8 Å². The molecule has 1 aliphatic heterocycles. The number of unbranched alkanes of at least 4 members (excludes halogenated alkanes) is 1. The minimum atomic E-state index is -2.71. The summed E-state index contributed by atoms with van der Waals surface area (Å²) < 4.78 is 57.9. The Balaban J connectivity index is 1.51. The molecule has 29 heavy (non-hydrogen) atoms. The fourth-order valence-electron chi connectivity index (χ4n) is 5.46. The molecule has 1 aliphatic carbocycles. The van der Waals surface area contributed by atoms with Gasteiger partial charge in [0.05, 0.1) is 0 Å². The molecular formula is C23H34F4OSi. The van der Waals surface area contributed by atoms with Crippen LogP contribution in [0, 0.1) is 23.5 Å². The molecule has 0 N–H and O–H groups in total. The van der Waals surface area contributed by atoms with E-state index >= 15 is 0 Å². The highest BCUT2D eigenvalue weighted by molar-refractivity contribution is 6.58. The van der Waals surface area contributed by atoms with Gasteiger partial charge >= 0.3 is 0 Å². The summed E-state index contributed by atoms with van der Waals surface area (Å²) in [6.07, 6.45) is 6.70. The van der Waals surface area contributed by atoms with Crippen LogP contribution in [-0.4, -0.2) is 21.8 Å². The largest absolute Gasteiger partial charge is 0.484 e. The Hall–Kier alpha value is -1.04. The Morgan fingerprint density at radius 2 is 1.62 bits per heavy atom. The predicted octanol–water partition coefficient (Wildman–Crippen LogP) is 7.32. The molecule has 2 aliphatic rings. The molecular weight excluding hydrogens is 396 g/mol. The summed E-state index contributed by atoms with van der Waals surface area (Å²) >= 11 is 0. The van der Waals surface area contributed by atoms with Gasteiger partial charge in [0, 0.05) is 14.9 Å². The quantitative estimate of drug-likeness (QED) is 0.310. The summed E-state index contributed by atoms with van der Waals surface area (Å²) in [4.78, 5) is 0. The van der Waals surface area contributed by atoms with Crippen molar-refractivity contribution in [1.82, 2.24) is 0 Å². The first-order valence-corrected chi connectivity index (χ1v) is 13.8. The molecule has 164 valence electrons. The Morgan fingerprint density at radius 3 is 2.24 bits per heavy atom. The van der Waals surface area contributed by atoms with E-state index in [1.807, 2.05) is 0 Å². The van der Waals surface area contributed by atoms with Gasteiger partial charge in [0.1, 0.15) is 12.4 Å². The van der Waals surface area contributed by atoms with Gasteiger partial charge in [0.2, 0.25) is 0 Å². The van der Waals surface area contributed by atoms with Gasteiger partial charge in [0.25, 0.3) is 6.43 Å². The number of halogens is 4. The van der Waals surface area contributed by atoms with Crippen LogP contribution in [0.4, 0.5) is 17.6 Å². The van der Waals surface area contributed by atoms with Crippen LogP contribution < -0.4 is 4.74 Å². The van der Waals surface area contributed by atoms with Gasteiger partial charge in [-0.2, -0.15) is 0 Å². The normalized spacial score (nSPS) is 27.9. The van der Waals surface area contributed by atoms with Crippen molar-refractivity contribution in [2.75, 3.05) is 6.61 Å². The number of hydrogen-bond acceptors (Lipinski definition) is 1. The third-order valence-corrected chi connectivity index (χ3v) is 10.7. The van der Waals surface area contributed by atoms with Crippen LogP contribution in [0.15, 0.2) is 12.1 Å². The molecule has 0 atom stereocenters. The predicted molar refractivity (Wildman–Crippen MR) is 112 cm³/mol. The molecule has 0 amide bonds. The third-order valence-electron chi connectivity index (χ3n) is 7.15. The second-order valence-electron chi connectivity index (χ2n) is 9.04. The number of hydrogen-bond donors (Lipinski definition) is 0. The first kappa shape index (κ1) is 22.6. The van der Waals surface area contributed by atoms with Crippen molar-refractivity contribution in [1.29, 1.82) is 0 Å². The van der Waals surface area contributed by atoms with E-state index in [0.29, 0.717) is 5.56 Å². The van der Waals surface area contributed by atoms with Crippen molar-refractivity contribution in [2.24, 2.45) is 11.8 Å². The van der Waals surface area contributed by atoms with E-state index in [9.17, 15) is 17.6 Å². The Bertz CT molecular complexity index is 638. The van der Waals surface area contributed by atoms with E-state index in [4.69, 9.17) is 0 Å². The van der Waals surface area contributed by atoms with Crippen molar-refractivity contribution in [3.8, 4) is 5.75 Å². The Labute approximate surface area is 173 Å². The monoisotopic (exact) mass is 430 g/mol. The van der Waals surface area contributed by atoms with Gasteiger partial charge in [-0.05, 0) is 55.1 Å². The zero-order chi connectivity index (χ0) is 20.8. The lowest BCUT2D eigenvalue weighted by Crippen LogP contribution is -2.28. The van der Waals surface area contributed by atoms with Gasteiger partial charge in [-0.15, -0.1) is 0 Å². The summed E-state index contributed by atoms with van der Waals surface area (Å²) in [7, 11) is -0.478. The third kappa shape index (κ3) is 6.22. The molecule has 0 radical (unpaired) electrons. The molecule has 1 aromatic carbocycles. The maximum Gasteiger partial charge on any atom is 0.272 e. The number of benzene rings is 1. The Morgan fingerprint density at radius 1 is 0.966 bits per heavy atom. The number of alkyl halides is 2. The van der Waals surface area contributed by atoms with Crippen molar-refractivity contribution < 1.29 is 22.3 Å². The molecule has 1 heterocycles. The first-order chi connectivity index (χ1) is 14.0. The second-order valence-corrected chi connectivity index (χ2v) is 12.5. The van der Waals surface area contributed by atoms with Crippen molar-refractivity contribution >= 4 is 8.80 Å².